The highest BCUT2D eigenvalue weighted by atomic mass is 35.5. The lowest BCUT2D eigenvalue weighted by Gasteiger charge is -2.07. The summed E-state index contributed by atoms with van der Waals surface area (Å²) in [5.74, 6) is -0.711. The van der Waals surface area contributed by atoms with Gasteiger partial charge in [0.2, 0.25) is 0 Å². The van der Waals surface area contributed by atoms with Crippen LogP contribution in [-0.2, 0) is 6.54 Å². The number of hydrogen-bond donors (Lipinski definition) is 1. The van der Waals surface area contributed by atoms with E-state index in [0.29, 0.717) is 0 Å². The van der Waals surface area contributed by atoms with Crippen molar-refractivity contribution in [1.82, 2.24) is 15.5 Å². The highest BCUT2D eigenvalue weighted by molar-refractivity contribution is 6.33. The number of carbonyl (C=O) groups excluding carboxylic acids is 1. The number of nitrogens with one attached hydrogen (secondary N) is 1. The molecule has 122 valence electrons. The maximum Gasteiger partial charge on any atom is 0.257 e. The summed E-state index contributed by atoms with van der Waals surface area (Å²) in [6, 6.07) is 7.87. The Morgan fingerprint density at radius 2 is 2.17 bits per heavy atom. The van der Waals surface area contributed by atoms with Crippen LogP contribution in [0.15, 0.2) is 47.2 Å². The molecule has 0 atom stereocenters. The van der Waals surface area contributed by atoms with Gasteiger partial charge in [-0.25, -0.2) is 4.39 Å². The molecule has 0 spiro atoms. The van der Waals surface area contributed by atoms with Crippen LogP contribution in [0.1, 0.15) is 21.7 Å². The number of pyridine rings is 1. The van der Waals surface area contributed by atoms with E-state index in [1.807, 2.05) is 6.07 Å². The first-order valence-corrected chi connectivity index (χ1v) is 7.53. The number of carbonyl (C=O) groups is 1. The third-order valence-corrected chi connectivity index (χ3v) is 3.78. The maximum atomic E-state index is 14.1. The van der Waals surface area contributed by atoms with Crippen molar-refractivity contribution in [3.05, 3.63) is 70.5 Å². The van der Waals surface area contributed by atoms with Crippen molar-refractivity contribution in [3.63, 3.8) is 0 Å². The van der Waals surface area contributed by atoms with Gasteiger partial charge in [-0.05, 0) is 30.7 Å². The topological polar surface area (TPSA) is 68.0 Å². The van der Waals surface area contributed by atoms with E-state index in [9.17, 15) is 9.18 Å². The largest absolute Gasteiger partial charge is 0.360 e. The minimum atomic E-state index is -0.572. The molecule has 1 amide bonds. The minimum absolute atomic E-state index is 0.0440. The number of aromatic nitrogens is 2. The quantitative estimate of drug-likeness (QED) is 0.781. The van der Waals surface area contributed by atoms with Crippen LogP contribution in [0.25, 0.3) is 11.3 Å². The van der Waals surface area contributed by atoms with Gasteiger partial charge in [-0.1, -0.05) is 28.9 Å². The van der Waals surface area contributed by atoms with E-state index in [-0.39, 0.29) is 34.1 Å². The average Bonchev–Trinajstić information content (AvgIpc) is 2.95. The predicted molar refractivity (Wildman–Crippen MR) is 87.1 cm³/mol. The first-order valence-electron chi connectivity index (χ1n) is 7.15. The average molecular weight is 346 g/mol. The van der Waals surface area contributed by atoms with E-state index in [1.165, 1.54) is 18.2 Å². The van der Waals surface area contributed by atoms with Gasteiger partial charge in [0.15, 0.2) is 0 Å². The van der Waals surface area contributed by atoms with Gasteiger partial charge < -0.3 is 9.84 Å². The van der Waals surface area contributed by atoms with Crippen LogP contribution in [0.5, 0.6) is 0 Å². The zero-order valence-electron chi connectivity index (χ0n) is 12.7. The molecular formula is C17H13ClFN3O2. The Kier molecular flexibility index (Phi) is 4.57. The molecule has 0 aliphatic rings. The Hall–Kier alpha value is -2.73. The molecule has 0 bridgehead atoms. The molecule has 3 aromatic rings. The Morgan fingerprint density at radius 1 is 1.33 bits per heavy atom. The van der Waals surface area contributed by atoms with Crippen molar-refractivity contribution in [2.45, 2.75) is 13.5 Å². The predicted octanol–water partition coefficient (Wildman–Crippen LogP) is 3.77. The van der Waals surface area contributed by atoms with E-state index >= 15 is 0 Å². The van der Waals surface area contributed by atoms with Crippen LogP contribution in [0.4, 0.5) is 4.39 Å². The molecule has 0 aliphatic carbocycles. The van der Waals surface area contributed by atoms with Gasteiger partial charge in [-0.15, -0.1) is 0 Å². The van der Waals surface area contributed by atoms with Crippen LogP contribution in [0, 0.1) is 12.7 Å². The lowest BCUT2D eigenvalue weighted by Crippen LogP contribution is -2.23. The molecule has 2 heterocycles. The van der Waals surface area contributed by atoms with Gasteiger partial charge in [-0.3, -0.25) is 9.78 Å². The highest BCUT2D eigenvalue weighted by Gasteiger charge is 2.25. The van der Waals surface area contributed by atoms with Crippen LogP contribution >= 0.6 is 11.6 Å². The van der Waals surface area contributed by atoms with Gasteiger partial charge in [-0.2, -0.15) is 0 Å². The number of benzene rings is 1. The van der Waals surface area contributed by atoms with E-state index in [2.05, 4.69) is 15.5 Å². The molecule has 5 nitrogen and oxygen atoms in total. The Bertz CT molecular complexity index is 861. The number of nitrogens with zero attached hydrogens (tertiary/aromatic N) is 2. The monoisotopic (exact) mass is 345 g/mol. The van der Waals surface area contributed by atoms with Gasteiger partial charge in [0.1, 0.15) is 22.8 Å². The smallest absolute Gasteiger partial charge is 0.257 e. The van der Waals surface area contributed by atoms with Crippen LogP contribution < -0.4 is 5.32 Å². The molecule has 3 rings (SSSR count). The first-order chi connectivity index (χ1) is 11.6. The lowest BCUT2D eigenvalue weighted by atomic mass is 10.0. The summed E-state index contributed by atoms with van der Waals surface area (Å²) in [6.07, 6.45) is 3.29. The molecule has 1 aromatic carbocycles. The van der Waals surface area contributed by atoms with Crippen LogP contribution in [0.2, 0.25) is 5.02 Å². The zero-order chi connectivity index (χ0) is 17.1. The van der Waals surface area contributed by atoms with Gasteiger partial charge in [0, 0.05) is 18.9 Å². The third-order valence-electron chi connectivity index (χ3n) is 3.47. The Morgan fingerprint density at radius 3 is 2.88 bits per heavy atom. The Balaban J connectivity index is 1.91. The van der Waals surface area contributed by atoms with Crippen molar-refractivity contribution in [2.24, 2.45) is 0 Å². The maximum absolute atomic E-state index is 14.1. The van der Waals surface area contributed by atoms with E-state index in [1.54, 1.807) is 25.4 Å². The molecular weight excluding hydrogens is 333 g/mol. The molecule has 0 saturated heterocycles. The normalized spacial score (nSPS) is 10.6. The molecule has 24 heavy (non-hydrogen) atoms. The molecule has 0 saturated carbocycles. The van der Waals surface area contributed by atoms with Gasteiger partial charge in [0.25, 0.3) is 5.91 Å². The summed E-state index contributed by atoms with van der Waals surface area (Å²) >= 11 is 6.06. The van der Waals surface area contributed by atoms with Crippen molar-refractivity contribution in [2.75, 3.05) is 0 Å². The van der Waals surface area contributed by atoms with Gasteiger partial charge >= 0.3 is 0 Å². The summed E-state index contributed by atoms with van der Waals surface area (Å²) in [5.41, 5.74) is 1.12. The minimum Gasteiger partial charge on any atom is -0.360 e. The van der Waals surface area contributed by atoms with Crippen molar-refractivity contribution < 1.29 is 13.7 Å². The van der Waals surface area contributed by atoms with Crippen molar-refractivity contribution in [3.8, 4) is 11.3 Å². The lowest BCUT2D eigenvalue weighted by molar-refractivity contribution is 0.0950. The first kappa shape index (κ1) is 16.1. The highest BCUT2D eigenvalue weighted by Crippen LogP contribution is 2.33. The van der Waals surface area contributed by atoms with Crippen molar-refractivity contribution in [1.29, 1.82) is 0 Å². The number of halogens is 2. The fraction of sp³-hybridized carbons (Fsp3) is 0.118. The second kappa shape index (κ2) is 6.80. The van der Waals surface area contributed by atoms with E-state index in [4.69, 9.17) is 16.1 Å². The van der Waals surface area contributed by atoms with E-state index in [0.717, 1.165) is 5.56 Å². The summed E-state index contributed by atoms with van der Waals surface area (Å²) in [7, 11) is 0. The molecule has 7 heteroatoms. The number of amides is 1. The van der Waals surface area contributed by atoms with Crippen LogP contribution in [0.3, 0.4) is 0 Å². The molecule has 0 fully saturated rings. The second-order valence-electron chi connectivity index (χ2n) is 5.10. The molecule has 0 unspecified atom stereocenters. The van der Waals surface area contributed by atoms with Crippen molar-refractivity contribution >= 4 is 17.5 Å². The standard InChI is InChI=1S/C17H13ClFN3O2/c1-10-14(17(23)21-9-11-4-3-7-20-8-11)16(22-24-10)15-12(18)5-2-6-13(15)19/h2-8H,9H2,1H3,(H,21,23). The van der Waals surface area contributed by atoms with Crippen LogP contribution in [-0.4, -0.2) is 16.0 Å². The molecule has 0 radical (unpaired) electrons. The summed E-state index contributed by atoms with van der Waals surface area (Å²) < 4.78 is 19.2. The van der Waals surface area contributed by atoms with E-state index < -0.39 is 11.7 Å². The Labute approximate surface area is 142 Å². The summed E-state index contributed by atoms with van der Waals surface area (Å²) in [5, 5.41) is 6.71. The molecule has 1 N–H and O–H groups in total. The molecule has 2 aromatic heterocycles. The molecule has 0 aliphatic heterocycles. The fourth-order valence-electron chi connectivity index (χ4n) is 2.31. The summed E-state index contributed by atoms with van der Waals surface area (Å²) in [4.78, 5) is 16.5. The number of rotatable bonds is 4. The fourth-order valence-corrected chi connectivity index (χ4v) is 2.56. The summed E-state index contributed by atoms with van der Waals surface area (Å²) in [6.45, 7) is 1.87. The third kappa shape index (κ3) is 3.14. The SMILES string of the molecule is Cc1onc(-c2c(F)cccc2Cl)c1C(=O)NCc1cccnc1. The number of hydrogen-bond acceptors (Lipinski definition) is 4. The zero-order valence-corrected chi connectivity index (χ0v) is 13.5. The number of aryl methyl sites for hydroxylation is 1. The second-order valence-corrected chi connectivity index (χ2v) is 5.51. The van der Waals surface area contributed by atoms with Gasteiger partial charge in [0.05, 0.1) is 10.6 Å².